The molecule has 0 heterocycles. The number of aryl methyl sites for hydroxylation is 2. The first-order chi connectivity index (χ1) is 9.86. The molecule has 3 N–H and O–H groups in total. The Morgan fingerprint density at radius 2 is 1.71 bits per heavy atom. The lowest BCUT2D eigenvalue weighted by Crippen LogP contribution is -2.14. The quantitative estimate of drug-likeness (QED) is 0.845. The van der Waals surface area contributed by atoms with Crippen LogP contribution in [-0.4, -0.2) is 10.9 Å². The number of carbonyl (C=O) groups is 1. The SMILES string of the molecule is Cc1cc(C)cc(C(=O)Nc2cc(C(N)=S)ccc2Cl)c1. The van der Waals surface area contributed by atoms with Gasteiger partial charge in [0.05, 0.1) is 10.7 Å². The third-order valence-electron chi connectivity index (χ3n) is 2.98. The van der Waals surface area contributed by atoms with Crippen molar-refractivity contribution in [1.82, 2.24) is 0 Å². The summed E-state index contributed by atoms with van der Waals surface area (Å²) in [6, 6.07) is 10.7. The van der Waals surface area contributed by atoms with Crippen LogP contribution in [0.4, 0.5) is 5.69 Å². The highest BCUT2D eigenvalue weighted by Gasteiger charge is 2.10. The molecule has 0 atom stereocenters. The van der Waals surface area contributed by atoms with E-state index in [0.717, 1.165) is 11.1 Å². The molecule has 0 aliphatic heterocycles. The molecular formula is C16H15ClN2OS. The summed E-state index contributed by atoms with van der Waals surface area (Å²) in [7, 11) is 0. The van der Waals surface area contributed by atoms with Crippen molar-refractivity contribution in [3.8, 4) is 0 Å². The molecular weight excluding hydrogens is 304 g/mol. The molecule has 0 aliphatic carbocycles. The minimum absolute atomic E-state index is 0.219. The van der Waals surface area contributed by atoms with Crippen LogP contribution in [0.1, 0.15) is 27.0 Å². The molecule has 2 aromatic rings. The van der Waals surface area contributed by atoms with Crippen LogP contribution in [0.5, 0.6) is 0 Å². The second-order valence-electron chi connectivity index (χ2n) is 4.89. The second-order valence-corrected chi connectivity index (χ2v) is 5.74. The van der Waals surface area contributed by atoms with Gasteiger partial charge in [0.2, 0.25) is 0 Å². The van der Waals surface area contributed by atoms with Crippen LogP contribution in [0.25, 0.3) is 0 Å². The first kappa shape index (κ1) is 15.5. The Balaban J connectivity index is 2.31. The van der Waals surface area contributed by atoms with Gasteiger partial charge in [0.25, 0.3) is 5.91 Å². The van der Waals surface area contributed by atoms with Crippen LogP contribution in [0, 0.1) is 13.8 Å². The Morgan fingerprint density at radius 3 is 2.29 bits per heavy atom. The van der Waals surface area contributed by atoms with E-state index in [4.69, 9.17) is 29.6 Å². The van der Waals surface area contributed by atoms with E-state index < -0.39 is 0 Å². The van der Waals surface area contributed by atoms with Gasteiger partial charge in [-0.05, 0) is 38.1 Å². The maximum Gasteiger partial charge on any atom is 0.255 e. The number of hydrogen-bond donors (Lipinski definition) is 2. The number of thiocarbonyl (C=S) groups is 1. The summed E-state index contributed by atoms with van der Waals surface area (Å²) in [5.41, 5.74) is 9.39. The van der Waals surface area contributed by atoms with Gasteiger partial charge in [-0.3, -0.25) is 4.79 Å². The number of benzene rings is 2. The van der Waals surface area contributed by atoms with Gasteiger partial charge in [0.1, 0.15) is 4.99 Å². The monoisotopic (exact) mass is 318 g/mol. The molecule has 0 unspecified atom stereocenters. The van der Waals surface area contributed by atoms with Crippen molar-refractivity contribution in [2.24, 2.45) is 5.73 Å². The fourth-order valence-electron chi connectivity index (χ4n) is 2.07. The molecule has 3 nitrogen and oxygen atoms in total. The van der Waals surface area contributed by atoms with Crippen molar-refractivity contribution in [3.63, 3.8) is 0 Å². The highest BCUT2D eigenvalue weighted by molar-refractivity contribution is 7.80. The Kier molecular flexibility index (Phi) is 4.60. The number of nitrogens with two attached hydrogens (primary N) is 1. The molecule has 0 fully saturated rings. The maximum absolute atomic E-state index is 12.3. The molecule has 2 rings (SSSR count). The van der Waals surface area contributed by atoms with E-state index in [1.54, 1.807) is 18.2 Å². The van der Waals surface area contributed by atoms with Gasteiger partial charge in [0, 0.05) is 11.1 Å². The molecule has 0 radical (unpaired) electrons. The van der Waals surface area contributed by atoms with Gasteiger partial charge in [-0.2, -0.15) is 0 Å². The van der Waals surface area contributed by atoms with Crippen LogP contribution < -0.4 is 11.1 Å². The minimum atomic E-state index is -0.219. The predicted octanol–water partition coefficient (Wildman–Crippen LogP) is 3.84. The molecule has 1 amide bonds. The molecule has 0 saturated carbocycles. The number of carbonyl (C=O) groups excluding carboxylic acids is 1. The van der Waals surface area contributed by atoms with E-state index in [1.807, 2.05) is 32.0 Å². The summed E-state index contributed by atoms with van der Waals surface area (Å²) >= 11 is 11.0. The van der Waals surface area contributed by atoms with Crippen molar-refractivity contribution in [3.05, 3.63) is 63.7 Å². The fraction of sp³-hybridized carbons (Fsp3) is 0.125. The predicted molar refractivity (Wildman–Crippen MR) is 91.2 cm³/mol. The Morgan fingerprint density at radius 1 is 1.10 bits per heavy atom. The van der Waals surface area contributed by atoms with Crippen LogP contribution in [-0.2, 0) is 0 Å². The Bertz CT molecular complexity index is 708. The lowest BCUT2D eigenvalue weighted by Gasteiger charge is -2.10. The van der Waals surface area contributed by atoms with Gasteiger partial charge in [-0.15, -0.1) is 0 Å². The zero-order valence-electron chi connectivity index (χ0n) is 11.7. The Hall–Kier alpha value is -1.91. The van der Waals surface area contributed by atoms with Crippen LogP contribution >= 0.6 is 23.8 Å². The standard InChI is InChI=1S/C16H15ClN2OS/c1-9-5-10(2)7-12(6-9)16(20)19-14-8-11(15(18)21)3-4-13(14)17/h3-8H,1-2H3,(H2,18,21)(H,19,20). The topological polar surface area (TPSA) is 55.1 Å². The summed E-state index contributed by atoms with van der Waals surface area (Å²) in [6.07, 6.45) is 0. The van der Waals surface area contributed by atoms with E-state index in [2.05, 4.69) is 5.32 Å². The first-order valence-corrected chi connectivity index (χ1v) is 7.14. The van der Waals surface area contributed by atoms with Crippen LogP contribution in [0.15, 0.2) is 36.4 Å². The lowest BCUT2D eigenvalue weighted by atomic mass is 10.1. The van der Waals surface area contributed by atoms with E-state index in [9.17, 15) is 4.79 Å². The molecule has 0 spiro atoms. The van der Waals surface area contributed by atoms with Crippen molar-refractivity contribution in [2.45, 2.75) is 13.8 Å². The molecule has 5 heteroatoms. The van der Waals surface area contributed by atoms with E-state index in [1.165, 1.54) is 0 Å². The van der Waals surface area contributed by atoms with Crippen molar-refractivity contribution in [1.29, 1.82) is 0 Å². The van der Waals surface area contributed by atoms with Crippen molar-refractivity contribution >= 4 is 40.4 Å². The van der Waals surface area contributed by atoms with Crippen molar-refractivity contribution in [2.75, 3.05) is 5.32 Å². The minimum Gasteiger partial charge on any atom is -0.389 e. The normalized spacial score (nSPS) is 10.2. The molecule has 0 bridgehead atoms. The summed E-state index contributed by atoms with van der Waals surface area (Å²) in [5.74, 6) is -0.219. The fourth-order valence-corrected chi connectivity index (χ4v) is 2.37. The van der Waals surface area contributed by atoms with E-state index >= 15 is 0 Å². The molecule has 108 valence electrons. The molecule has 21 heavy (non-hydrogen) atoms. The van der Waals surface area contributed by atoms with Gasteiger partial charge in [-0.25, -0.2) is 0 Å². The summed E-state index contributed by atoms with van der Waals surface area (Å²) in [5, 5.41) is 3.23. The average molecular weight is 319 g/mol. The maximum atomic E-state index is 12.3. The number of rotatable bonds is 3. The summed E-state index contributed by atoms with van der Waals surface area (Å²) in [4.78, 5) is 12.6. The van der Waals surface area contributed by atoms with Crippen LogP contribution in [0.3, 0.4) is 0 Å². The molecule has 0 aliphatic rings. The number of amides is 1. The third-order valence-corrected chi connectivity index (χ3v) is 3.55. The molecule has 2 aromatic carbocycles. The van der Waals surface area contributed by atoms with E-state index in [-0.39, 0.29) is 10.9 Å². The van der Waals surface area contributed by atoms with Crippen LogP contribution in [0.2, 0.25) is 5.02 Å². The molecule has 0 aromatic heterocycles. The first-order valence-electron chi connectivity index (χ1n) is 6.36. The number of halogens is 1. The van der Waals surface area contributed by atoms with Crippen molar-refractivity contribution < 1.29 is 4.79 Å². The van der Waals surface area contributed by atoms with Gasteiger partial charge in [-0.1, -0.05) is 47.1 Å². The smallest absolute Gasteiger partial charge is 0.255 e. The largest absolute Gasteiger partial charge is 0.389 e. The highest BCUT2D eigenvalue weighted by atomic mass is 35.5. The molecule has 0 saturated heterocycles. The van der Waals surface area contributed by atoms with Gasteiger partial charge in [0.15, 0.2) is 0 Å². The number of nitrogens with one attached hydrogen (secondary N) is 1. The Labute approximate surface area is 134 Å². The number of hydrogen-bond acceptors (Lipinski definition) is 2. The van der Waals surface area contributed by atoms with E-state index in [0.29, 0.717) is 21.8 Å². The summed E-state index contributed by atoms with van der Waals surface area (Å²) in [6.45, 7) is 3.90. The third kappa shape index (κ3) is 3.80. The highest BCUT2D eigenvalue weighted by Crippen LogP contribution is 2.24. The summed E-state index contributed by atoms with van der Waals surface area (Å²) < 4.78 is 0. The van der Waals surface area contributed by atoms with Gasteiger partial charge < -0.3 is 11.1 Å². The second kappa shape index (κ2) is 6.24. The van der Waals surface area contributed by atoms with Gasteiger partial charge >= 0.3 is 0 Å². The zero-order chi connectivity index (χ0) is 15.6. The zero-order valence-corrected chi connectivity index (χ0v) is 13.3. The lowest BCUT2D eigenvalue weighted by molar-refractivity contribution is 0.102. The number of anilines is 1. The average Bonchev–Trinajstić information content (AvgIpc) is 2.39.